The molecule has 1 fully saturated rings. The quantitative estimate of drug-likeness (QED) is 0.492. The standard InChI is InChI=1S/C6H11NO3/c8-5-2-1-4(3-5)7-6(9)10/h4-5,7-8H,1-3H2,(H,9,10)/t4-,5?/m1/s1. The van der Waals surface area contributed by atoms with Gasteiger partial charge in [-0.05, 0) is 19.3 Å². The highest BCUT2D eigenvalue weighted by Gasteiger charge is 2.23. The number of carbonyl (C=O) groups is 1. The number of amides is 1. The van der Waals surface area contributed by atoms with E-state index >= 15 is 0 Å². The van der Waals surface area contributed by atoms with Crippen molar-refractivity contribution in [1.29, 1.82) is 0 Å². The van der Waals surface area contributed by atoms with Crippen LogP contribution in [0.15, 0.2) is 0 Å². The van der Waals surface area contributed by atoms with E-state index in [1.807, 2.05) is 0 Å². The maximum atomic E-state index is 10.1. The summed E-state index contributed by atoms with van der Waals surface area (Å²) in [5.41, 5.74) is 0. The van der Waals surface area contributed by atoms with E-state index in [2.05, 4.69) is 5.32 Å². The van der Waals surface area contributed by atoms with Crippen molar-refractivity contribution in [2.45, 2.75) is 31.4 Å². The van der Waals surface area contributed by atoms with Gasteiger partial charge >= 0.3 is 6.09 Å². The number of hydrogen-bond donors (Lipinski definition) is 3. The Balaban J connectivity index is 2.24. The maximum Gasteiger partial charge on any atom is 0.404 e. The number of rotatable bonds is 1. The first-order chi connectivity index (χ1) is 4.68. The van der Waals surface area contributed by atoms with Crippen LogP contribution in [0.5, 0.6) is 0 Å². The van der Waals surface area contributed by atoms with E-state index in [1.165, 1.54) is 0 Å². The Bertz CT molecular complexity index is 137. The summed E-state index contributed by atoms with van der Waals surface area (Å²) in [5.74, 6) is 0. The molecule has 0 aromatic rings. The molecule has 1 saturated carbocycles. The molecule has 0 saturated heterocycles. The molecule has 0 bridgehead atoms. The van der Waals surface area contributed by atoms with Gasteiger partial charge < -0.3 is 15.5 Å². The smallest absolute Gasteiger partial charge is 0.404 e. The van der Waals surface area contributed by atoms with Crippen molar-refractivity contribution >= 4 is 6.09 Å². The zero-order chi connectivity index (χ0) is 7.56. The summed E-state index contributed by atoms with van der Waals surface area (Å²) in [6.07, 6.45) is 0.723. The number of aliphatic hydroxyl groups excluding tert-OH is 1. The molecular formula is C6H11NO3. The predicted molar refractivity (Wildman–Crippen MR) is 34.8 cm³/mol. The zero-order valence-electron chi connectivity index (χ0n) is 5.58. The SMILES string of the molecule is O=C(O)N[C@@H]1CCC(O)C1. The number of nitrogens with one attached hydrogen (secondary N) is 1. The Kier molecular flexibility index (Phi) is 2.11. The van der Waals surface area contributed by atoms with Crippen molar-refractivity contribution in [2.24, 2.45) is 0 Å². The first-order valence-corrected chi connectivity index (χ1v) is 3.36. The van der Waals surface area contributed by atoms with Gasteiger partial charge in [-0.15, -0.1) is 0 Å². The third kappa shape index (κ3) is 1.88. The second kappa shape index (κ2) is 2.88. The predicted octanol–water partition coefficient (Wildman–Crippen LogP) is 0.167. The zero-order valence-corrected chi connectivity index (χ0v) is 5.58. The highest BCUT2D eigenvalue weighted by Crippen LogP contribution is 2.18. The van der Waals surface area contributed by atoms with Crippen LogP contribution >= 0.6 is 0 Å². The fourth-order valence-corrected chi connectivity index (χ4v) is 1.26. The lowest BCUT2D eigenvalue weighted by atomic mass is 10.2. The van der Waals surface area contributed by atoms with Crippen LogP contribution in [0.25, 0.3) is 0 Å². The average molecular weight is 145 g/mol. The summed E-state index contributed by atoms with van der Waals surface area (Å²) in [4.78, 5) is 10.1. The molecule has 1 amide bonds. The van der Waals surface area contributed by atoms with E-state index in [0.29, 0.717) is 12.8 Å². The van der Waals surface area contributed by atoms with Gasteiger partial charge in [0.15, 0.2) is 0 Å². The Morgan fingerprint density at radius 1 is 1.50 bits per heavy atom. The van der Waals surface area contributed by atoms with Crippen LogP contribution < -0.4 is 5.32 Å². The summed E-state index contributed by atoms with van der Waals surface area (Å²) in [5, 5.41) is 19.6. The van der Waals surface area contributed by atoms with Crippen molar-refractivity contribution in [2.75, 3.05) is 0 Å². The van der Waals surface area contributed by atoms with Crippen molar-refractivity contribution in [3.63, 3.8) is 0 Å². The summed E-state index contributed by atoms with van der Waals surface area (Å²) in [7, 11) is 0. The Morgan fingerprint density at radius 3 is 2.60 bits per heavy atom. The molecule has 0 radical (unpaired) electrons. The van der Waals surface area contributed by atoms with Gasteiger partial charge in [-0.1, -0.05) is 0 Å². The molecular weight excluding hydrogens is 134 g/mol. The molecule has 0 aromatic heterocycles. The average Bonchev–Trinajstić information content (AvgIpc) is 2.13. The van der Waals surface area contributed by atoms with Crippen molar-refractivity contribution < 1.29 is 15.0 Å². The summed E-state index contributed by atoms with van der Waals surface area (Å²) in [6, 6.07) is -0.0347. The molecule has 0 heterocycles. The minimum Gasteiger partial charge on any atom is -0.465 e. The third-order valence-corrected chi connectivity index (χ3v) is 1.73. The molecule has 3 N–H and O–H groups in total. The minimum absolute atomic E-state index is 0.0347. The first kappa shape index (κ1) is 7.34. The molecule has 1 rings (SSSR count). The minimum atomic E-state index is -1.00. The largest absolute Gasteiger partial charge is 0.465 e. The fraction of sp³-hybridized carbons (Fsp3) is 0.833. The van der Waals surface area contributed by atoms with Crippen molar-refractivity contribution in [3.05, 3.63) is 0 Å². The van der Waals surface area contributed by atoms with E-state index in [1.54, 1.807) is 0 Å². The molecule has 1 unspecified atom stereocenters. The van der Waals surface area contributed by atoms with Gasteiger partial charge in [0.2, 0.25) is 0 Å². The van der Waals surface area contributed by atoms with E-state index in [-0.39, 0.29) is 12.1 Å². The second-order valence-corrected chi connectivity index (χ2v) is 2.61. The van der Waals surface area contributed by atoms with Gasteiger partial charge in [-0.3, -0.25) is 0 Å². The molecule has 0 aromatic carbocycles. The van der Waals surface area contributed by atoms with E-state index < -0.39 is 6.09 Å². The lowest BCUT2D eigenvalue weighted by molar-refractivity contribution is 0.174. The Morgan fingerprint density at radius 2 is 2.20 bits per heavy atom. The Hall–Kier alpha value is -0.770. The van der Waals surface area contributed by atoms with Crippen molar-refractivity contribution in [3.8, 4) is 0 Å². The van der Waals surface area contributed by atoms with Crippen LogP contribution in [-0.4, -0.2) is 28.5 Å². The van der Waals surface area contributed by atoms with E-state index in [9.17, 15) is 4.79 Å². The monoisotopic (exact) mass is 145 g/mol. The van der Waals surface area contributed by atoms with Crippen LogP contribution in [0.3, 0.4) is 0 Å². The van der Waals surface area contributed by atoms with Crippen LogP contribution in [0.1, 0.15) is 19.3 Å². The van der Waals surface area contributed by atoms with Crippen LogP contribution in [-0.2, 0) is 0 Å². The highest BCUT2D eigenvalue weighted by atomic mass is 16.4. The highest BCUT2D eigenvalue weighted by molar-refractivity contribution is 5.64. The van der Waals surface area contributed by atoms with Crippen LogP contribution in [0.2, 0.25) is 0 Å². The molecule has 0 aliphatic heterocycles. The number of aliphatic hydroxyl groups is 1. The van der Waals surface area contributed by atoms with Gasteiger partial charge in [0, 0.05) is 6.04 Å². The van der Waals surface area contributed by atoms with Gasteiger partial charge in [0.05, 0.1) is 6.10 Å². The summed E-state index contributed by atoms with van der Waals surface area (Å²) < 4.78 is 0. The lowest BCUT2D eigenvalue weighted by Gasteiger charge is -2.07. The second-order valence-electron chi connectivity index (χ2n) is 2.61. The summed E-state index contributed by atoms with van der Waals surface area (Å²) in [6.45, 7) is 0. The fourth-order valence-electron chi connectivity index (χ4n) is 1.26. The maximum absolute atomic E-state index is 10.1. The molecule has 58 valence electrons. The normalized spacial score (nSPS) is 32.1. The van der Waals surface area contributed by atoms with Crippen LogP contribution in [0, 0.1) is 0 Å². The molecule has 1 aliphatic carbocycles. The van der Waals surface area contributed by atoms with E-state index in [4.69, 9.17) is 10.2 Å². The number of carboxylic acid groups (broad SMARTS) is 1. The molecule has 1 aliphatic rings. The molecule has 4 nitrogen and oxygen atoms in total. The molecule has 2 atom stereocenters. The van der Waals surface area contributed by atoms with Gasteiger partial charge in [0.25, 0.3) is 0 Å². The Labute approximate surface area is 58.9 Å². The summed E-state index contributed by atoms with van der Waals surface area (Å²) >= 11 is 0. The first-order valence-electron chi connectivity index (χ1n) is 3.36. The lowest BCUT2D eigenvalue weighted by Crippen LogP contribution is -2.31. The third-order valence-electron chi connectivity index (χ3n) is 1.73. The van der Waals surface area contributed by atoms with Crippen molar-refractivity contribution in [1.82, 2.24) is 5.32 Å². The van der Waals surface area contributed by atoms with E-state index in [0.717, 1.165) is 6.42 Å². The topological polar surface area (TPSA) is 69.6 Å². The molecule has 4 heteroatoms. The van der Waals surface area contributed by atoms with Crippen LogP contribution in [0.4, 0.5) is 4.79 Å². The van der Waals surface area contributed by atoms with Gasteiger partial charge in [-0.2, -0.15) is 0 Å². The molecule has 0 spiro atoms. The molecule has 10 heavy (non-hydrogen) atoms. The number of hydrogen-bond acceptors (Lipinski definition) is 2. The van der Waals surface area contributed by atoms with Gasteiger partial charge in [-0.25, -0.2) is 4.79 Å². The van der Waals surface area contributed by atoms with Gasteiger partial charge in [0.1, 0.15) is 0 Å².